The van der Waals surface area contributed by atoms with Gasteiger partial charge in [-0.2, -0.15) is 0 Å². The summed E-state index contributed by atoms with van der Waals surface area (Å²) in [5, 5.41) is 12.0. The number of carbonyl (C=O) groups is 1. The minimum atomic E-state index is -0.503. The van der Waals surface area contributed by atoms with Gasteiger partial charge >= 0.3 is 6.09 Å². The van der Waals surface area contributed by atoms with Gasteiger partial charge in [0.1, 0.15) is 5.60 Å². The summed E-state index contributed by atoms with van der Waals surface area (Å²) in [5.41, 5.74) is 2.27. The first kappa shape index (κ1) is 14.5. The maximum atomic E-state index is 11.5. The number of ether oxygens (including phenoxy) is 1. The van der Waals surface area contributed by atoms with Crippen LogP contribution in [0.2, 0.25) is 0 Å². The van der Waals surface area contributed by atoms with Gasteiger partial charge in [-0.3, -0.25) is 0 Å². The molecule has 4 nitrogen and oxygen atoms in total. The number of aliphatic hydroxyl groups excluding tert-OH is 1. The predicted molar refractivity (Wildman–Crippen MR) is 70.2 cm³/mol. The Labute approximate surface area is 108 Å². The van der Waals surface area contributed by atoms with Crippen molar-refractivity contribution in [1.29, 1.82) is 0 Å². The molecule has 0 radical (unpaired) electrons. The summed E-state index contributed by atoms with van der Waals surface area (Å²) in [5.74, 6) is 0. The smallest absolute Gasteiger partial charge is 0.407 e. The van der Waals surface area contributed by atoms with Gasteiger partial charge < -0.3 is 15.2 Å². The first-order chi connectivity index (χ1) is 8.33. The van der Waals surface area contributed by atoms with Crippen molar-refractivity contribution in [1.82, 2.24) is 5.32 Å². The number of alkyl carbamates (subject to hydrolysis) is 1. The molecular weight excluding hydrogens is 230 g/mol. The summed E-state index contributed by atoms with van der Waals surface area (Å²) in [6.45, 7) is 7.71. The van der Waals surface area contributed by atoms with Crippen molar-refractivity contribution in [2.75, 3.05) is 0 Å². The molecule has 0 saturated heterocycles. The standard InChI is InChI=1S/C14H21NO3/c1-10-6-5-7-11(12(10)9-16)8-15-13(17)18-14(2,3)4/h5-7,16H,8-9H2,1-4H3,(H,15,17). The van der Waals surface area contributed by atoms with Gasteiger partial charge in [0.2, 0.25) is 0 Å². The SMILES string of the molecule is Cc1cccc(CNC(=O)OC(C)(C)C)c1CO. The van der Waals surface area contributed by atoms with Gasteiger partial charge in [0.05, 0.1) is 6.61 Å². The van der Waals surface area contributed by atoms with Gasteiger partial charge in [-0.05, 0) is 44.4 Å². The van der Waals surface area contributed by atoms with Crippen molar-refractivity contribution in [3.63, 3.8) is 0 Å². The highest BCUT2D eigenvalue weighted by Crippen LogP contribution is 2.14. The largest absolute Gasteiger partial charge is 0.444 e. The van der Waals surface area contributed by atoms with Crippen LogP contribution in [0.15, 0.2) is 18.2 Å². The number of hydrogen-bond acceptors (Lipinski definition) is 3. The quantitative estimate of drug-likeness (QED) is 0.867. The number of rotatable bonds is 3. The van der Waals surface area contributed by atoms with Crippen molar-refractivity contribution in [2.45, 2.75) is 46.4 Å². The molecule has 0 aromatic heterocycles. The summed E-state index contributed by atoms with van der Waals surface area (Å²) >= 11 is 0. The molecule has 0 unspecified atom stereocenters. The molecule has 0 aliphatic carbocycles. The molecule has 0 bridgehead atoms. The van der Waals surface area contributed by atoms with Crippen LogP contribution in [0.4, 0.5) is 4.79 Å². The van der Waals surface area contributed by atoms with Crippen molar-refractivity contribution in [3.8, 4) is 0 Å². The Morgan fingerprint density at radius 3 is 2.61 bits per heavy atom. The third-order valence-corrected chi connectivity index (χ3v) is 2.49. The van der Waals surface area contributed by atoms with Crippen molar-refractivity contribution >= 4 is 6.09 Å². The van der Waals surface area contributed by atoms with Gasteiger partial charge in [-0.15, -0.1) is 0 Å². The van der Waals surface area contributed by atoms with E-state index in [1.54, 1.807) is 0 Å². The molecule has 1 aromatic rings. The van der Waals surface area contributed by atoms with Gasteiger partial charge in [-0.25, -0.2) is 4.79 Å². The number of aliphatic hydroxyl groups is 1. The zero-order valence-electron chi connectivity index (χ0n) is 11.4. The molecule has 0 fully saturated rings. The fourth-order valence-electron chi connectivity index (χ4n) is 1.64. The number of aryl methyl sites for hydroxylation is 1. The topological polar surface area (TPSA) is 58.6 Å². The summed E-state index contributed by atoms with van der Waals surface area (Å²) in [4.78, 5) is 11.5. The van der Waals surface area contributed by atoms with Crippen LogP contribution in [0.25, 0.3) is 0 Å². The zero-order valence-corrected chi connectivity index (χ0v) is 11.4. The van der Waals surface area contributed by atoms with Crippen LogP contribution in [0.1, 0.15) is 37.5 Å². The van der Waals surface area contributed by atoms with E-state index in [1.165, 1.54) is 0 Å². The molecule has 2 N–H and O–H groups in total. The fourth-order valence-corrected chi connectivity index (χ4v) is 1.64. The summed E-state index contributed by atoms with van der Waals surface area (Å²) in [7, 11) is 0. The molecule has 0 atom stereocenters. The Kier molecular flexibility index (Phi) is 4.73. The van der Waals surface area contributed by atoms with Crippen LogP contribution < -0.4 is 5.32 Å². The second-order valence-electron chi connectivity index (χ2n) is 5.23. The number of benzene rings is 1. The maximum Gasteiger partial charge on any atom is 0.407 e. The molecule has 18 heavy (non-hydrogen) atoms. The van der Waals surface area contributed by atoms with E-state index in [0.29, 0.717) is 6.54 Å². The molecule has 4 heteroatoms. The van der Waals surface area contributed by atoms with E-state index in [0.717, 1.165) is 16.7 Å². The summed E-state index contributed by atoms with van der Waals surface area (Å²) in [6, 6.07) is 5.72. The van der Waals surface area contributed by atoms with Crippen molar-refractivity contribution in [2.24, 2.45) is 0 Å². The monoisotopic (exact) mass is 251 g/mol. The van der Waals surface area contributed by atoms with Gasteiger partial charge in [0.15, 0.2) is 0 Å². The number of hydrogen-bond donors (Lipinski definition) is 2. The molecule has 1 aromatic carbocycles. The van der Waals surface area contributed by atoms with Crippen LogP contribution in [0.3, 0.4) is 0 Å². The average Bonchev–Trinajstić information content (AvgIpc) is 2.24. The second kappa shape index (κ2) is 5.87. The third kappa shape index (κ3) is 4.37. The van der Waals surface area contributed by atoms with Crippen LogP contribution in [0.5, 0.6) is 0 Å². The first-order valence-corrected chi connectivity index (χ1v) is 5.98. The fraction of sp³-hybridized carbons (Fsp3) is 0.500. The van der Waals surface area contributed by atoms with Gasteiger partial charge in [0.25, 0.3) is 0 Å². The van der Waals surface area contributed by atoms with Gasteiger partial charge in [0, 0.05) is 6.54 Å². The molecule has 0 aliphatic heterocycles. The highest BCUT2D eigenvalue weighted by atomic mass is 16.6. The average molecular weight is 251 g/mol. The second-order valence-corrected chi connectivity index (χ2v) is 5.23. The molecular formula is C14H21NO3. The van der Waals surface area contributed by atoms with E-state index < -0.39 is 11.7 Å². The number of nitrogens with one attached hydrogen (secondary N) is 1. The zero-order chi connectivity index (χ0) is 13.8. The molecule has 1 amide bonds. The molecule has 1 rings (SSSR count). The summed E-state index contributed by atoms with van der Waals surface area (Å²) in [6.07, 6.45) is -0.451. The highest BCUT2D eigenvalue weighted by molar-refractivity contribution is 5.67. The molecule has 0 saturated carbocycles. The number of amides is 1. The number of carbonyl (C=O) groups excluding carboxylic acids is 1. The van der Waals surface area contributed by atoms with Crippen LogP contribution in [-0.4, -0.2) is 16.8 Å². The van der Waals surface area contributed by atoms with E-state index in [4.69, 9.17) is 4.74 Å². The molecule has 0 heterocycles. The third-order valence-electron chi connectivity index (χ3n) is 2.49. The molecule has 0 spiro atoms. The predicted octanol–water partition coefficient (Wildman–Crippen LogP) is 2.51. The van der Waals surface area contributed by atoms with E-state index in [9.17, 15) is 9.90 Å². The van der Waals surface area contributed by atoms with Crippen LogP contribution >= 0.6 is 0 Å². The summed E-state index contributed by atoms with van der Waals surface area (Å²) < 4.78 is 5.15. The van der Waals surface area contributed by atoms with Crippen molar-refractivity contribution in [3.05, 3.63) is 34.9 Å². The van der Waals surface area contributed by atoms with Crippen LogP contribution in [0, 0.1) is 6.92 Å². The lowest BCUT2D eigenvalue weighted by Crippen LogP contribution is -2.32. The lowest BCUT2D eigenvalue weighted by Gasteiger charge is -2.20. The van der Waals surface area contributed by atoms with E-state index in [2.05, 4.69) is 5.32 Å². The first-order valence-electron chi connectivity index (χ1n) is 5.98. The molecule has 0 aliphatic rings. The minimum Gasteiger partial charge on any atom is -0.444 e. The minimum absolute atomic E-state index is 0.0298. The van der Waals surface area contributed by atoms with Crippen LogP contribution in [-0.2, 0) is 17.9 Å². The Balaban J connectivity index is 2.64. The van der Waals surface area contributed by atoms with E-state index >= 15 is 0 Å². The Morgan fingerprint density at radius 2 is 2.06 bits per heavy atom. The van der Waals surface area contributed by atoms with E-state index in [1.807, 2.05) is 45.9 Å². The lowest BCUT2D eigenvalue weighted by molar-refractivity contribution is 0.0523. The Morgan fingerprint density at radius 1 is 1.39 bits per heavy atom. The Hall–Kier alpha value is -1.55. The highest BCUT2D eigenvalue weighted by Gasteiger charge is 2.16. The Bertz CT molecular complexity index is 422. The maximum absolute atomic E-state index is 11.5. The molecule has 100 valence electrons. The van der Waals surface area contributed by atoms with E-state index in [-0.39, 0.29) is 6.61 Å². The lowest BCUT2D eigenvalue weighted by atomic mass is 10.0. The van der Waals surface area contributed by atoms with Gasteiger partial charge in [-0.1, -0.05) is 18.2 Å². The van der Waals surface area contributed by atoms with Crippen molar-refractivity contribution < 1.29 is 14.6 Å². The normalized spacial score (nSPS) is 11.2.